The van der Waals surface area contributed by atoms with Crippen LogP contribution in [0.15, 0.2) is 12.3 Å². The summed E-state index contributed by atoms with van der Waals surface area (Å²) in [5.74, 6) is 0. The van der Waals surface area contributed by atoms with Gasteiger partial charge < -0.3 is 0 Å². The minimum atomic E-state index is 0.323. The first-order valence-corrected chi connectivity index (χ1v) is 3.12. The molecular formula is C7H5ClNO. The number of aromatic nitrogens is 1. The van der Waals surface area contributed by atoms with Crippen molar-refractivity contribution in [3.05, 3.63) is 28.5 Å². The van der Waals surface area contributed by atoms with Gasteiger partial charge >= 0.3 is 0 Å². The van der Waals surface area contributed by atoms with Crippen molar-refractivity contribution in [2.75, 3.05) is 0 Å². The largest absolute Gasteiger partial charge is 0.285 e. The zero-order valence-electron chi connectivity index (χ0n) is 5.39. The maximum Gasteiger partial charge on any atom is 0.233 e. The van der Waals surface area contributed by atoms with Crippen molar-refractivity contribution in [3.8, 4) is 0 Å². The van der Waals surface area contributed by atoms with E-state index in [9.17, 15) is 4.79 Å². The van der Waals surface area contributed by atoms with Crippen molar-refractivity contribution < 1.29 is 4.79 Å². The summed E-state index contributed by atoms with van der Waals surface area (Å²) in [5, 5.41) is 0.323. The Labute approximate surface area is 63.8 Å². The summed E-state index contributed by atoms with van der Waals surface area (Å²) in [7, 11) is 0. The van der Waals surface area contributed by atoms with Gasteiger partial charge in [-0.15, -0.1) is 0 Å². The monoisotopic (exact) mass is 154 g/mol. The number of pyridine rings is 1. The van der Waals surface area contributed by atoms with Gasteiger partial charge in [-0.3, -0.25) is 4.79 Å². The third-order valence-electron chi connectivity index (χ3n) is 1.18. The van der Waals surface area contributed by atoms with E-state index in [4.69, 9.17) is 11.6 Å². The average molecular weight is 155 g/mol. The Balaban J connectivity index is 3.21. The molecule has 0 saturated carbocycles. The molecule has 0 unspecified atom stereocenters. The third-order valence-corrected chi connectivity index (χ3v) is 1.39. The lowest BCUT2D eigenvalue weighted by Gasteiger charge is -1.94. The van der Waals surface area contributed by atoms with E-state index >= 15 is 0 Å². The Kier molecular flexibility index (Phi) is 2.02. The number of nitrogens with zero attached hydrogens (tertiary/aromatic N) is 1. The topological polar surface area (TPSA) is 30.0 Å². The molecule has 1 heterocycles. The van der Waals surface area contributed by atoms with Crippen LogP contribution in [0.25, 0.3) is 0 Å². The minimum absolute atomic E-state index is 0.323. The molecule has 0 aliphatic heterocycles. The lowest BCUT2D eigenvalue weighted by molar-refractivity contribution is 0.562. The number of halogens is 1. The second-order valence-corrected chi connectivity index (χ2v) is 2.31. The first kappa shape index (κ1) is 7.22. The number of hydrogen-bond donors (Lipinski definition) is 0. The molecule has 0 aromatic carbocycles. The molecule has 0 saturated heterocycles. The van der Waals surface area contributed by atoms with Crippen molar-refractivity contribution in [1.82, 2.24) is 4.98 Å². The molecule has 1 aromatic rings. The minimum Gasteiger partial charge on any atom is -0.285 e. The predicted octanol–water partition coefficient (Wildman–Crippen LogP) is 1.50. The normalized spacial score (nSPS) is 9.40. The van der Waals surface area contributed by atoms with Crippen molar-refractivity contribution >= 4 is 17.9 Å². The Morgan fingerprint density at radius 3 is 2.90 bits per heavy atom. The highest BCUT2D eigenvalue weighted by Gasteiger charge is 1.97. The van der Waals surface area contributed by atoms with Gasteiger partial charge in [0.25, 0.3) is 0 Å². The highest BCUT2D eigenvalue weighted by Crippen LogP contribution is 2.09. The quantitative estimate of drug-likeness (QED) is 0.574. The van der Waals surface area contributed by atoms with E-state index in [0.29, 0.717) is 10.7 Å². The summed E-state index contributed by atoms with van der Waals surface area (Å²) >= 11 is 5.51. The van der Waals surface area contributed by atoms with Crippen LogP contribution in [0.4, 0.5) is 0 Å². The van der Waals surface area contributed by atoms with E-state index in [1.807, 2.05) is 0 Å². The fourth-order valence-corrected chi connectivity index (χ4v) is 0.766. The number of aryl methyl sites for hydroxylation is 1. The van der Waals surface area contributed by atoms with Crippen LogP contribution < -0.4 is 0 Å². The van der Waals surface area contributed by atoms with E-state index in [0.717, 1.165) is 5.56 Å². The molecule has 0 aliphatic rings. The smallest absolute Gasteiger partial charge is 0.233 e. The molecule has 1 rings (SSSR count). The highest BCUT2D eigenvalue weighted by molar-refractivity contribution is 6.29. The third kappa shape index (κ3) is 1.33. The van der Waals surface area contributed by atoms with Crippen molar-refractivity contribution in [1.29, 1.82) is 0 Å². The lowest BCUT2D eigenvalue weighted by atomic mass is 10.2. The summed E-state index contributed by atoms with van der Waals surface area (Å²) in [6.07, 6.45) is 3.31. The first-order valence-electron chi connectivity index (χ1n) is 2.74. The van der Waals surface area contributed by atoms with Crippen molar-refractivity contribution in [2.45, 2.75) is 6.92 Å². The zero-order valence-corrected chi connectivity index (χ0v) is 6.14. The SMILES string of the molecule is Cc1cnc(Cl)cc1[C]=O. The molecule has 0 amide bonds. The summed E-state index contributed by atoms with van der Waals surface area (Å²) in [6.45, 7) is 1.78. The summed E-state index contributed by atoms with van der Waals surface area (Å²) in [5.41, 5.74) is 1.26. The maximum absolute atomic E-state index is 10.2. The van der Waals surface area contributed by atoms with Gasteiger partial charge in [0.05, 0.1) is 0 Å². The van der Waals surface area contributed by atoms with Gasteiger partial charge in [-0.25, -0.2) is 4.98 Å². The van der Waals surface area contributed by atoms with Crippen LogP contribution in [0.3, 0.4) is 0 Å². The van der Waals surface area contributed by atoms with Crippen LogP contribution in [0, 0.1) is 6.92 Å². The number of hydrogen-bond acceptors (Lipinski definition) is 2. The number of rotatable bonds is 1. The van der Waals surface area contributed by atoms with E-state index in [1.54, 1.807) is 19.4 Å². The fourth-order valence-electron chi connectivity index (χ4n) is 0.608. The molecule has 0 spiro atoms. The van der Waals surface area contributed by atoms with Crippen LogP contribution in [-0.4, -0.2) is 11.3 Å². The molecule has 2 nitrogen and oxygen atoms in total. The van der Waals surface area contributed by atoms with Crippen LogP contribution >= 0.6 is 11.6 Å². The molecule has 10 heavy (non-hydrogen) atoms. The van der Waals surface area contributed by atoms with Crippen LogP contribution in [0.2, 0.25) is 5.15 Å². The average Bonchev–Trinajstić information content (AvgIpc) is 1.94. The van der Waals surface area contributed by atoms with Gasteiger partial charge in [-0.05, 0) is 18.6 Å². The zero-order chi connectivity index (χ0) is 7.56. The molecule has 51 valence electrons. The van der Waals surface area contributed by atoms with Gasteiger partial charge in [0.15, 0.2) is 0 Å². The molecule has 1 radical (unpaired) electrons. The van der Waals surface area contributed by atoms with Crippen LogP contribution in [0.1, 0.15) is 11.1 Å². The second kappa shape index (κ2) is 2.80. The molecular weight excluding hydrogens is 150 g/mol. The summed E-state index contributed by atoms with van der Waals surface area (Å²) in [4.78, 5) is 13.9. The fraction of sp³-hybridized carbons (Fsp3) is 0.143. The summed E-state index contributed by atoms with van der Waals surface area (Å²) in [6, 6.07) is 1.49. The molecule has 3 heteroatoms. The number of carbonyl (C=O) groups excluding carboxylic acids is 1. The van der Waals surface area contributed by atoms with Gasteiger partial charge in [0.1, 0.15) is 5.15 Å². The Hall–Kier alpha value is -0.890. The Morgan fingerprint density at radius 1 is 1.70 bits per heavy atom. The van der Waals surface area contributed by atoms with Gasteiger partial charge in [-0.1, -0.05) is 11.6 Å². The van der Waals surface area contributed by atoms with E-state index in [1.165, 1.54) is 6.07 Å². The summed E-state index contributed by atoms with van der Waals surface area (Å²) < 4.78 is 0. The molecule has 0 atom stereocenters. The van der Waals surface area contributed by atoms with Crippen LogP contribution in [0.5, 0.6) is 0 Å². The van der Waals surface area contributed by atoms with Gasteiger partial charge in [0.2, 0.25) is 6.29 Å². The molecule has 0 aliphatic carbocycles. The lowest BCUT2D eigenvalue weighted by Crippen LogP contribution is -1.87. The molecule has 0 bridgehead atoms. The molecule has 0 fully saturated rings. The van der Waals surface area contributed by atoms with E-state index in [2.05, 4.69) is 4.98 Å². The van der Waals surface area contributed by atoms with Crippen molar-refractivity contribution in [3.63, 3.8) is 0 Å². The van der Waals surface area contributed by atoms with Crippen LogP contribution in [-0.2, 0) is 4.79 Å². The predicted molar refractivity (Wildman–Crippen MR) is 38.8 cm³/mol. The Bertz CT molecular complexity index is 260. The standard InChI is InChI=1S/C7H5ClNO/c1-5-3-9-7(8)2-6(5)4-10/h2-3H,1H3. The maximum atomic E-state index is 10.2. The van der Waals surface area contributed by atoms with Gasteiger partial charge in [0, 0.05) is 11.8 Å². The second-order valence-electron chi connectivity index (χ2n) is 1.92. The molecule has 0 N–H and O–H groups in total. The molecule has 1 aromatic heterocycles. The van der Waals surface area contributed by atoms with Crippen molar-refractivity contribution in [2.24, 2.45) is 0 Å². The van der Waals surface area contributed by atoms with E-state index < -0.39 is 0 Å². The Morgan fingerprint density at radius 2 is 2.40 bits per heavy atom. The van der Waals surface area contributed by atoms with E-state index in [-0.39, 0.29) is 0 Å². The van der Waals surface area contributed by atoms with Gasteiger partial charge in [-0.2, -0.15) is 0 Å². The highest BCUT2D eigenvalue weighted by atomic mass is 35.5. The first-order chi connectivity index (χ1) is 4.74.